The number of carbonyl (C=O) groups excluding carboxylic acids is 1. The molecule has 72 valence electrons. The quantitative estimate of drug-likeness (QED) is 0.614. The van der Waals surface area contributed by atoms with Crippen LogP contribution in [-0.4, -0.2) is 34.8 Å². The van der Waals surface area contributed by atoms with Crippen LogP contribution in [0.5, 0.6) is 0 Å². The van der Waals surface area contributed by atoms with Gasteiger partial charge in [0.15, 0.2) is 0 Å². The molecular formula is C7H12N4O2. The van der Waals surface area contributed by atoms with Crippen LogP contribution in [0.1, 0.15) is 22.9 Å². The second-order valence-corrected chi connectivity index (χ2v) is 2.49. The Balaban J connectivity index is 2.58. The minimum atomic E-state index is -0.532. The zero-order valence-corrected chi connectivity index (χ0v) is 7.41. The molecule has 0 radical (unpaired) electrons. The van der Waals surface area contributed by atoms with Gasteiger partial charge in [0.25, 0.3) is 5.82 Å². The van der Waals surface area contributed by atoms with Gasteiger partial charge < -0.3 is 10.5 Å². The van der Waals surface area contributed by atoms with Crippen LogP contribution in [0.15, 0.2) is 0 Å². The van der Waals surface area contributed by atoms with Crippen molar-refractivity contribution >= 4 is 5.97 Å². The molecule has 6 nitrogen and oxygen atoms in total. The van der Waals surface area contributed by atoms with E-state index in [0.29, 0.717) is 18.8 Å². The van der Waals surface area contributed by atoms with E-state index in [1.54, 1.807) is 0 Å². The number of nitrogens with zero attached hydrogens (tertiary/aromatic N) is 2. The minimum absolute atomic E-state index is 0.0644. The third kappa shape index (κ3) is 2.51. The van der Waals surface area contributed by atoms with Crippen LogP contribution in [0.3, 0.4) is 0 Å². The van der Waals surface area contributed by atoms with Gasteiger partial charge in [-0.15, -0.1) is 5.10 Å². The molecule has 0 saturated carbocycles. The predicted octanol–water partition coefficient (Wildman–Crippen LogP) is -0.517. The fourth-order valence-corrected chi connectivity index (χ4v) is 0.859. The van der Waals surface area contributed by atoms with E-state index in [-0.39, 0.29) is 5.82 Å². The van der Waals surface area contributed by atoms with Gasteiger partial charge in [0.1, 0.15) is 5.82 Å². The van der Waals surface area contributed by atoms with Crippen LogP contribution in [0.25, 0.3) is 0 Å². The first-order chi connectivity index (χ1) is 6.27. The van der Waals surface area contributed by atoms with Gasteiger partial charge in [-0.2, -0.15) is 0 Å². The number of hydrogen-bond donors (Lipinski definition) is 2. The highest BCUT2D eigenvalue weighted by molar-refractivity contribution is 5.84. The van der Waals surface area contributed by atoms with Crippen LogP contribution < -0.4 is 5.73 Å². The Labute approximate surface area is 75.5 Å². The molecule has 0 aromatic carbocycles. The van der Waals surface area contributed by atoms with Crippen molar-refractivity contribution in [2.75, 3.05) is 13.7 Å². The summed E-state index contributed by atoms with van der Waals surface area (Å²) in [5.74, 6) is 0.190. The summed E-state index contributed by atoms with van der Waals surface area (Å²) in [7, 11) is 1.29. The number of rotatable bonds is 4. The van der Waals surface area contributed by atoms with E-state index in [9.17, 15) is 4.79 Å². The van der Waals surface area contributed by atoms with Gasteiger partial charge in [0.05, 0.1) is 7.11 Å². The molecule has 1 heterocycles. The lowest BCUT2D eigenvalue weighted by molar-refractivity contribution is 0.0587. The molecular weight excluding hydrogens is 172 g/mol. The third-order valence-electron chi connectivity index (χ3n) is 1.52. The van der Waals surface area contributed by atoms with Gasteiger partial charge >= 0.3 is 5.97 Å². The van der Waals surface area contributed by atoms with Crippen molar-refractivity contribution in [3.05, 3.63) is 11.6 Å². The number of esters is 1. The largest absolute Gasteiger partial charge is 0.463 e. The van der Waals surface area contributed by atoms with Crippen LogP contribution >= 0.6 is 0 Å². The second-order valence-electron chi connectivity index (χ2n) is 2.49. The number of ether oxygens (including phenoxy) is 1. The van der Waals surface area contributed by atoms with E-state index in [2.05, 4.69) is 19.9 Å². The fraction of sp³-hybridized carbons (Fsp3) is 0.571. The summed E-state index contributed by atoms with van der Waals surface area (Å²) >= 11 is 0. The Bertz CT molecular complexity index is 284. The normalized spacial score (nSPS) is 10.0. The molecule has 0 unspecified atom stereocenters. The maximum atomic E-state index is 10.9. The van der Waals surface area contributed by atoms with Crippen LogP contribution in [0.4, 0.5) is 0 Å². The monoisotopic (exact) mass is 184 g/mol. The number of H-pyrrole nitrogens is 1. The minimum Gasteiger partial charge on any atom is -0.463 e. The van der Waals surface area contributed by atoms with Crippen LogP contribution in [-0.2, 0) is 11.2 Å². The van der Waals surface area contributed by atoms with Gasteiger partial charge in [-0.25, -0.2) is 9.78 Å². The zero-order chi connectivity index (χ0) is 9.68. The Hall–Kier alpha value is -1.43. The molecule has 1 aromatic heterocycles. The number of aromatic nitrogens is 3. The highest BCUT2D eigenvalue weighted by Crippen LogP contribution is 1.97. The first-order valence-electron chi connectivity index (χ1n) is 3.97. The molecule has 3 N–H and O–H groups in total. The Morgan fingerprint density at radius 2 is 2.46 bits per heavy atom. The number of aryl methyl sites for hydroxylation is 1. The van der Waals surface area contributed by atoms with Crippen LogP contribution in [0, 0.1) is 0 Å². The van der Waals surface area contributed by atoms with E-state index in [4.69, 9.17) is 5.73 Å². The summed E-state index contributed by atoms with van der Waals surface area (Å²) in [5, 5.41) is 6.33. The lowest BCUT2D eigenvalue weighted by atomic mass is 10.3. The summed E-state index contributed by atoms with van der Waals surface area (Å²) in [6, 6.07) is 0. The van der Waals surface area contributed by atoms with E-state index >= 15 is 0 Å². The number of nitrogens with one attached hydrogen (secondary N) is 1. The highest BCUT2D eigenvalue weighted by atomic mass is 16.5. The molecule has 0 aliphatic rings. The van der Waals surface area contributed by atoms with Gasteiger partial charge in [0.2, 0.25) is 0 Å². The van der Waals surface area contributed by atoms with Crippen molar-refractivity contribution < 1.29 is 9.53 Å². The van der Waals surface area contributed by atoms with Crippen molar-refractivity contribution in [2.24, 2.45) is 5.73 Å². The lowest BCUT2D eigenvalue weighted by Gasteiger charge is -1.91. The predicted molar refractivity (Wildman–Crippen MR) is 45.1 cm³/mol. The van der Waals surface area contributed by atoms with E-state index < -0.39 is 5.97 Å². The lowest BCUT2D eigenvalue weighted by Crippen LogP contribution is -2.04. The summed E-state index contributed by atoms with van der Waals surface area (Å²) < 4.78 is 4.45. The average molecular weight is 184 g/mol. The summed E-state index contributed by atoms with van der Waals surface area (Å²) in [5.41, 5.74) is 5.32. The Morgan fingerprint density at radius 3 is 3.08 bits per heavy atom. The van der Waals surface area contributed by atoms with Gasteiger partial charge in [-0.3, -0.25) is 5.10 Å². The average Bonchev–Trinajstić information content (AvgIpc) is 2.62. The zero-order valence-electron chi connectivity index (χ0n) is 7.41. The standard InChI is InChI=1S/C7H12N4O2/c1-13-7(12)6-9-5(10-11-6)3-2-4-8/h2-4,8H2,1H3,(H,9,10,11). The molecule has 0 aliphatic carbocycles. The first kappa shape index (κ1) is 9.66. The van der Waals surface area contributed by atoms with Gasteiger partial charge in [-0.1, -0.05) is 0 Å². The maximum absolute atomic E-state index is 10.9. The second kappa shape index (κ2) is 4.56. The first-order valence-corrected chi connectivity index (χ1v) is 3.97. The molecule has 1 aromatic rings. The van der Waals surface area contributed by atoms with Gasteiger partial charge in [-0.05, 0) is 13.0 Å². The number of nitrogens with two attached hydrogens (primary N) is 1. The highest BCUT2D eigenvalue weighted by Gasteiger charge is 2.11. The van der Waals surface area contributed by atoms with E-state index in [0.717, 1.165) is 6.42 Å². The molecule has 0 atom stereocenters. The molecule has 0 amide bonds. The molecule has 0 saturated heterocycles. The van der Waals surface area contributed by atoms with Crippen LogP contribution in [0.2, 0.25) is 0 Å². The number of methoxy groups -OCH3 is 1. The van der Waals surface area contributed by atoms with Crippen molar-refractivity contribution in [1.82, 2.24) is 15.2 Å². The molecule has 0 fully saturated rings. The van der Waals surface area contributed by atoms with Gasteiger partial charge in [0, 0.05) is 6.42 Å². The molecule has 0 bridgehead atoms. The summed E-state index contributed by atoms with van der Waals surface area (Å²) in [4.78, 5) is 14.8. The van der Waals surface area contributed by atoms with Crippen molar-refractivity contribution in [3.63, 3.8) is 0 Å². The maximum Gasteiger partial charge on any atom is 0.377 e. The smallest absolute Gasteiger partial charge is 0.377 e. The molecule has 13 heavy (non-hydrogen) atoms. The Morgan fingerprint density at radius 1 is 1.69 bits per heavy atom. The summed E-state index contributed by atoms with van der Waals surface area (Å²) in [6.45, 7) is 0.592. The third-order valence-corrected chi connectivity index (χ3v) is 1.52. The molecule has 1 rings (SSSR count). The van der Waals surface area contributed by atoms with Crippen molar-refractivity contribution in [2.45, 2.75) is 12.8 Å². The number of carbonyl (C=O) groups is 1. The van der Waals surface area contributed by atoms with E-state index in [1.807, 2.05) is 0 Å². The summed E-state index contributed by atoms with van der Waals surface area (Å²) in [6.07, 6.45) is 1.51. The molecule has 6 heteroatoms. The topological polar surface area (TPSA) is 93.9 Å². The van der Waals surface area contributed by atoms with Crippen molar-refractivity contribution in [1.29, 1.82) is 0 Å². The van der Waals surface area contributed by atoms with Crippen molar-refractivity contribution in [3.8, 4) is 0 Å². The fourth-order valence-electron chi connectivity index (χ4n) is 0.859. The number of aromatic amines is 1. The number of hydrogen-bond acceptors (Lipinski definition) is 5. The molecule has 0 aliphatic heterocycles. The van der Waals surface area contributed by atoms with E-state index in [1.165, 1.54) is 7.11 Å². The molecule has 0 spiro atoms. The Kier molecular flexibility index (Phi) is 3.39. The SMILES string of the molecule is COC(=O)c1n[nH]c(CCCN)n1.